The summed E-state index contributed by atoms with van der Waals surface area (Å²) in [5.74, 6) is 0.725. The molecule has 0 bridgehead atoms. The fraction of sp³-hybridized carbons (Fsp3) is 0.217. The number of fused-ring (bicyclic) bond motifs is 1. The van der Waals surface area contributed by atoms with Crippen LogP contribution in [0.5, 0.6) is 5.75 Å². The highest BCUT2D eigenvalue weighted by Gasteiger charge is 2.16. The molecule has 0 spiro atoms. The lowest BCUT2D eigenvalue weighted by Crippen LogP contribution is -2.30. The summed E-state index contributed by atoms with van der Waals surface area (Å²) in [6.45, 7) is 5.25. The smallest absolute Gasteiger partial charge is 0.255 e. The van der Waals surface area contributed by atoms with Gasteiger partial charge in [0.2, 0.25) is 0 Å². The first-order chi connectivity index (χ1) is 14.7. The first kappa shape index (κ1) is 19.6. The van der Waals surface area contributed by atoms with Crippen LogP contribution in [0.4, 0.5) is 0 Å². The highest BCUT2D eigenvalue weighted by molar-refractivity contribution is 5.97. The Kier molecular flexibility index (Phi) is 5.43. The number of aromatic amines is 1. The van der Waals surface area contributed by atoms with Crippen molar-refractivity contribution in [3.63, 3.8) is 0 Å². The number of ether oxygens (including phenoxy) is 1. The zero-order chi connectivity index (χ0) is 21.1. The standard InChI is InChI=1S/C23H23N5O2/c1-4-28(5-2)23(29)17-10-15(12-24-13-17)16-11-19-21(26-27-22(19)25-14-16)18-8-6-7-9-20(18)30-3/h6-14H,4-5H2,1-3H3,(H,25,26,27). The monoisotopic (exact) mass is 401 g/mol. The number of carbonyl (C=O) groups is 1. The van der Waals surface area contributed by atoms with Gasteiger partial charge in [0.1, 0.15) is 5.75 Å². The predicted molar refractivity (Wildman–Crippen MR) is 116 cm³/mol. The summed E-state index contributed by atoms with van der Waals surface area (Å²) in [5.41, 5.74) is 4.61. The Morgan fingerprint density at radius 3 is 2.60 bits per heavy atom. The van der Waals surface area contributed by atoms with Gasteiger partial charge >= 0.3 is 0 Å². The fourth-order valence-corrected chi connectivity index (χ4v) is 3.52. The van der Waals surface area contributed by atoms with E-state index in [0.717, 1.165) is 33.5 Å². The molecule has 0 atom stereocenters. The van der Waals surface area contributed by atoms with Crippen LogP contribution in [0.25, 0.3) is 33.4 Å². The lowest BCUT2D eigenvalue weighted by Gasteiger charge is -2.18. The van der Waals surface area contributed by atoms with Crippen LogP contribution in [0.2, 0.25) is 0 Å². The summed E-state index contributed by atoms with van der Waals surface area (Å²) in [6, 6.07) is 11.6. The highest BCUT2D eigenvalue weighted by Crippen LogP contribution is 2.34. The second kappa shape index (κ2) is 8.32. The first-order valence-electron chi connectivity index (χ1n) is 9.88. The molecule has 0 aliphatic heterocycles. The number of H-pyrrole nitrogens is 1. The molecule has 0 unspecified atom stereocenters. The maximum atomic E-state index is 12.7. The second-order valence-electron chi connectivity index (χ2n) is 6.83. The number of amides is 1. The van der Waals surface area contributed by atoms with E-state index in [1.165, 1.54) is 0 Å². The molecule has 4 aromatic rings. The largest absolute Gasteiger partial charge is 0.496 e. The van der Waals surface area contributed by atoms with Crippen molar-refractivity contribution in [1.29, 1.82) is 0 Å². The molecule has 3 heterocycles. The highest BCUT2D eigenvalue weighted by atomic mass is 16.5. The average molecular weight is 401 g/mol. The van der Waals surface area contributed by atoms with Crippen LogP contribution in [-0.2, 0) is 0 Å². The van der Waals surface area contributed by atoms with Crippen LogP contribution >= 0.6 is 0 Å². The fourth-order valence-electron chi connectivity index (χ4n) is 3.52. The number of pyridine rings is 2. The van der Waals surface area contributed by atoms with Crippen LogP contribution in [0.1, 0.15) is 24.2 Å². The number of hydrogen-bond acceptors (Lipinski definition) is 5. The maximum Gasteiger partial charge on any atom is 0.255 e. The molecule has 7 heteroatoms. The van der Waals surface area contributed by atoms with Crippen molar-refractivity contribution >= 4 is 16.9 Å². The number of aromatic nitrogens is 4. The maximum absolute atomic E-state index is 12.7. The minimum Gasteiger partial charge on any atom is -0.496 e. The van der Waals surface area contributed by atoms with Gasteiger partial charge < -0.3 is 9.64 Å². The SMILES string of the molecule is CCN(CC)C(=O)c1cncc(-c2cnc3n[nH]c(-c4ccccc4OC)c3c2)c1. The quantitative estimate of drug-likeness (QED) is 0.524. The van der Waals surface area contributed by atoms with Crippen LogP contribution in [-0.4, -0.2) is 51.2 Å². The molecule has 0 fully saturated rings. The van der Waals surface area contributed by atoms with Crippen LogP contribution in [0.15, 0.2) is 55.0 Å². The Hall–Kier alpha value is -3.74. The number of rotatable bonds is 6. The van der Waals surface area contributed by atoms with Gasteiger partial charge in [-0.1, -0.05) is 12.1 Å². The first-order valence-corrected chi connectivity index (χ1v) is 9.88. The molecular weight excluding hydrogens is 378 g/mol. The summed E-state index contributed by atoms with van der Waals surface area (Å²) < 4.78 is 5.50. The van der Waals surface area contributed by atoms with Gasteiger partial charge in [0, 0.05) is 53.8 Å². The summed E-state index contributed by atoms with van der Waals surface area (Å²) in [4.78, 5) is 23.3. The van der Waals surface area contributed by atoms with E-state index in [-0.39, 0.29) is 5.91 Å². The number of para-hydroxylation sites is 1. The van der Waals surface area contributed by atoms with E-state index in [1.807, 2.05) is 50.2 Å². The third-order valence-corrected chi connectivity index (χ3v) is 5.16. The van der Waals surface area contributed by atoms with Crippen molar-refractivity contribution in [2.75, 3.05) is 20.2 Å². The summed E-state index contributed by atoms with van der Waals surface area (Å²) >= 11 is 0. The molecule has 0 saturated heterocycles. The van der Waals surface area contributed by atoms with Gasteiger partial charge in [-0.25, -0.2) is 4.98 Å². The summed E-state index contributed by atoms with van der Waals surface area (Å²) in [7, 11) is 1.64. The number of hydrogen-bond donors (Lipinski definition) is 1. The Labute approximate surface area is 174 Å². The second-order valence-corrected chi connectivity index (χ2v) is 6.83. The lowest BCUT2D eigenvalue weighted by atomic mass is 10.0. The Morgan fingerprint density at radius 1 is 1.07 bits per heavy atom. The lowest BCUT2D eigenvalue weighted by molar-refractivity contribution is 0.0772. The van der Waals surface area contributed by atoms with Crippen LogP contribution < -0.4 is 4.74 Å². The van der Waals surface area contributed by atoms with E-state index in [2.05, 4.69) is 20.2 Å². The van der Waals surface area contributed by atoms with Gasteiger partial charge in [0.05, 0.1) is 18.4 Å². The van der Waals surface area contributed by atoms with Crippen molar-refractivity contribution in [1.82, 2.24) is 25.1 Å². The van der Waals surface area contributed by atoms with Crippen molar-refractivity contribution in [3.8, 4) is 28.1 Å². The van der Waals surface area contributed by atoms with E-state index in [9.17, 15) is 4.79 Å². The van der Waals surface area contributed by atoms with Crippen molar-refractivity contribution in [2.45, 2.75) is 13.8 Å². The third-order valence-electron chi connectivity index (χ3n) is 5.16. The predicted octanol–water partition coefficient (Wildman–Crippen LogP) is 4.18. The average Bonchev–Trinajstić information content (AvgIpc) is 3.23. The summed E-state index contributed by atoms with van der Waals surface area (Å²) in [5, 5.41) is 8.28. The number of carbonyl (C=O) groups excluding carboxylic acids is 1. The normalized spacial score (nSPS) is 10.9. The van der Waals surface area contributed by atoms with Crippen molar-refractivity contribution in [2.24, 2.45) is 0 Å². The van der Waals surface area contributed by atoms with Gasteiger partial charge in [-0.3, -0.25) is 14.9 Å². The Bertz CT molecular complexity index is 1200. The van der Waals surface area contributed by atoms with E-state index in [1.54, 1.807) is 30.6 Å². The Balaban J connectivity index is 1.78. The number of nitrogens with zero attached hydrogens (tertiary/aromatic N) is 4. The van der Waals surface area contributed by atoms with Gasteiger partial charge in [-0.05, 0) is 38.1 Å². The number of benzene rings is 1. The number of methoxy groups -OCH3 is 1. The number of nitrogens with one attached hydrogen (secondary N) is 1. The van der Waals surface area contributed by atoms with E-state index in [4.69, 9.17) is 4.74 Å². The van der Waals surface area contributed by atoms with E-state index < -0.39 is 0 Å². The molecule has 0 aliphatic carbocycles. The molecular formula is C23H23N5O2. The molecule has 1 aromatic carbocycles. The zero-order valence-corrected chi connectivity index (χ0v) is 17.2. The molecule has 3 aromatic heterocycles. The van der Waals surface area contributed by atoms with Crippen LogP contribution in [0, 0.1) is 0 Å². The minimum absolute atomic E-state index is 0.0265. The molecule has 0 saturated carbocycles. The molecule has 30 heavy (non-hydrogen) atoms. The topological polar surface area (TPSA) is 84.0 Å². The molecule has 0 radical (unpaired) electrons. The molecule has 7 nitrogen and oxygen atoms in total. The van der Waals surface area contributed by atoms with Crippen molar-refractivity contribution in [3.05, 3.63) is 60.6 Å². The third kappa shape index (κ3) is 3.50. The minimum atomic E-state index is -0.0265. The van der Waals surface area contributed by atoms with Gasteiger partial charge in [-0.2, -0.15) is 5.10 Å². The van der Waals surface area contributed by atoms with Crippen molar-refractivity contribution < 1.29 is 9.53 Å². The molecule has 1 N–H and O–H groups in total. The molecule has 1 amide bonds. The zero-order valence-electron chi connectivity index (χ0n) is 17.2. The Morgan fingerprint density at radius 2 is 1.83 bits per heavy atom. The van der Waals surface area contributed by atoms with Gasteiger partial charge in [0.15, 0.2) is 5.65 Å². The van der Waals surface area contributed by atoms with Gasteiger partial charge in [0.25, 0.3) is 5.91 Å². The summed E-state index contributed by atoms with van der Waals surface area (Å²) in [6.07, 6.45) is 5.09. The molecule has 4 rings (SSSR count). The molecule has 152 valence electrons. The molecule has 0 aliphatic rings. The van der Waals surface area contributed by atoms with Gasteiger partial charge in [-0.15, -0.1) is 0 Å². The van der Waals surface area contributed by atoms with E-state index in [0.29, 0.717) is 24.3 Å². The van der Waals surface area contributed by atoms with Crippen LogP contribution in [0.3, 0.4) is 0 Å². The van der Waals surface area contributed by atoms with E-state index >= 15 is 0 Å².